The van der Waals surface area contributed by atoms with Gasteiger partial charge in [-0.05, 0) is 43.5 Å². The van der Waals surface area contributed by atoms with Crippen LogP contribution in [0.4, 0.5) is 0 Å². The molecule has 1 aromatic carbocycles. The molecule has 4 nitrogen and oxygen atoms in total. The number of amides is 1. The topological polar surface area (TPSA) is 38.8 Å². The van der Waals surface area contributed by atoms with Crippen LogP contribution in [0.3, 0.4) is 0 Å². The van der Waals surface area contributed by atoms with Crippen molar-refractivity contribution in [1.82, 2.24) is 4.90 Å². The van der Waals surface area contributed by atoms with Crippen molar-refractivity contribution in [3.05, 3.63) is 35.9 Å². The van der Waals surface area contributed by atoms with Crippen molar-refractivity contribution < 1.29 is 14.3 Å². The fourth-order valence-corrected chi connectivity index (χ4v) is 4.21. The third-order valence-corrected chi connectivity index (χ3v) is 5.48. The highest BCUT2D eigenvalue weighted by atomic mass is 32.1. The summed E-state index contributed by atoms with van der Waals surface area (Å²) in [5.74, 6) is 0.529. The summed E-state index contributed by atoms with van der Waals surface area (Å²) < 4.78 is 11.0. The molecule has 1 amide bonds. The maximum atomic E-state index is 13.1. The molecule has 0 unspecified atom stereocenters. The van der Waals surface area contributed by atoms with Crippen LogP contribution < -0.4 is 0 Å². The van der Waals surface area contributed by atoms with Gasteiger partial charge >= 0.3 is 0 Å². The van der Waals surface area contributed by atoms with E-state index in [9.17, 15) is 4.79 Å². The van der Waals surface area contributed by atoms with Gasteiger partial charge in [0.25, 0.3) is 0 Å². The lowest BCUT2D eigenvalue weighted by Crippen LogP contribution is -2.45. The van der Waals surface area contributed by atoms with E-state index in [4.69, 9.17) is 21.7 Å². The van der Waals surface area contributed by atoms with Crippen LogP contribution in [-0.4, -0.2) is 48.8 Å². The molecule has 1 aliphatic carbocycles. The van der Waals surface area contributed by atoms with Crippen molar-refractivity contribution in [2.45, 2.75) is 25.7 Å². The molecule has 1 saturated carbocycles. The van der Waals surface area contributed by atoms with Crippen LogP contribution in [0, 0.1) is 11.8 Å². The smallest absolute Gasteiger partial charge is 0.226 e. The first-order chi connectivity index (χ1) is 11.7. The highest BCUT2D eigenvalue weighted by Crippen LogP contribution is 2.44. The average molecular weight is 347 g/mol. The molecule has 2 aliphatic rings. The lowest BCUT2D eigenvalue weighted by atomic mass is 9.95. The zero-order valence-electron chi connectivity index (χ0n) is 14.1. The molecule has 24 heavy (non-hydrogen) atoms. The molecule has 1 saturated heterocycles. The van der Waals surface area contributed by atoms with E-state index in [-0.39, 0.29) is 17.7 Å². The lowest BCUT2D eigenvalue weighted by molar-refractivity contribution is -0.140. The van der Waals surface area contributed by atoms with Gasteiger partial charge in [-0.2, -0.15) is 0 Å². The van der Waals surface area contributed by atoms with Crippen LogP contribution in [0.1, 0.15) is 31.2 Å². The molecule has 3 atom stereocenters. The summed E-state index contributed by atoms with van der Waals surface area (Å²) in [5, 5.41) is 0.600. The second-order valence-electron chi connectivity index (χ2n) is 6.48. The molecular formula is C19H25NO3S. The third kappa shape index (κ3) is 3.78. The van der Waals surface area contributed by atoms with E-state index in [1.54, 1.807) is 0 Å². The van der Waals surface area contributed by atoms with E-state index in [0.717, 1.165) is 12.8 Å². The van der Waals surface area contributed by atoms with E-state index in [2.05, 4.69) is 24.3 Å². The molecule has 0 N–H and O–H groups in total. The van der Waals surface area contributed by atoms with Crippen LogP contribution in [0.2, 0.25) is 0 Å². The zero-order chi connectivity index (χ0) is 16.9. The minimum atomic E-state index is -0.0765. The van der Waals surface area contributed by atoms with Crippen LogP contribution in [0.15, 0.2) is 30.3 Å². The standard InChI is InChI=1S/C19H25NO3S/c1-2-23-19(24)17-13-15(14-6-4-3-5-7-14)12-16(17)18(21)20-8-10-22-11-9-20/h3-7,15-17H,2,8-13H2,1H3/t15-,16+,17+/m0/s1. The van der Waals surface area contributed by atoms with Crippen molar-refractivity contribution in [2.75, 3.05) is 32.9 Å². The normalized spacial score (nSPS) is 27.0. The van der Waals surface area contributed by atoms with E-state index in [1.807, 2.05) is 17.9 Å². The number of hydrogen-bond acceptors (Lipinski definition) is 4. The molecule has 3 rings (SSSR count). The van der Waals surface area contributed by atoms with Gasteiger partial charge in [-0.3, -0.25) is 4.79 Å². The number of ether oxygens (including phenoxy) is 2. The molecule has 0 bridgehead atoms. The predicted molar refractivity (Wildman–Crippen MR) is 97.0 cm³/mol. The van der Waals surface area contributed by atoms with E-state index in [1.165, 1.54) is 5.56 Å². The Morgan fingerprint density at radius 2 is 1.88 bits per heavy atom. The number of nitrogens with zero attached hydrogens (tertiary/aromatic N) is 1. The van der Waals surface area contributed by atoms with Gasteiger partial charge in [-0.1, -0.05) is 30.3 Å². The van der Waals surface area contributed by atoms with Gasteiger partial charge in [0.1, 0.15) is 0 Å². The Labute approximate surface area is 149 Å². The first-order valence-corrected chi connectivity index (χ1v) is 9.19. The number of thiocarbonyl (C=S) groups is 1. The summed E-state index contributed by atoms with van der Waals surface area (Å²) in [6, 6.07) is 10.4. The number of morpholine rings is 1. The van der Waals surface area contributed by atoms with E-state index in [0.29, 0.717) is 43.9 Å². The van der Waals surface area contributed by atoms with Crippen molar-refractivity contribution in [3.8, 4) is 0 Å². The quantitative estimate of drug-likeness (QED) is 0.785. The maximum Gasteiger partial charge on any atom is 0.226 e. The molecule has 0 radical (unpaired) electrons. The molecule has 130 valence electrons. The Morgan fingerprint density at radius 1 is 1.21 bits per heavy atom. The molecule has 1 aromatic rings. The van der Waals surface area contributed by atoms with Gasteiger partial charge in [0.2, 0.25) is 5.91 Å². The SMILES string of the molecule is CCOC(=S)[C@@H]1C[C@@H](c2ccccc2)C[C@H]1C(=O)N1CCOCC1. The Balaban J connectivity index is 1.78. The Bertz CT molecular complexity index is 571. The van der Waals surface area contributed by atoms with Gasteiger partial charge in [0, 0.05) is 24.9 Å². The lowest BCUT2D eigenvalue weighted by Gasteiger charge is -2.31. The Kier molecular flexibility index (Phi) is 5.85. The van der Waals surface area contributed by atoms with Crippen molar-refractivity contribution >= 4 is 23.2 Å². The average Bonchev–Trinajstić information content (AvgIpc) is 3.08. The summed E-state index contributed by atoms with van der Waals surface area (Å²) >= 11 is 5.50. The number of rotatable bonds is 4. The molecular weight excluding hydrogens is 322 g/mol. The maximum absolute atomic E-state index is 13.1. The number of hydrogen-bond donors (Lipinski definition) is 0. The predicted octanol–water partition coefficient (Wildman–Crippen LogP) is 3.02. The fraction of sp³-hybridized carbons (Fsp3) is 0.579. The van der Waals surface area contributed by atoms with Crippen LogP contribution in [-0.2, 0) is 14.3 Å². The van der Waals surface area contributed by atoms with Crippen molar-refractivity contribution in [1.29, 1.82) is 0 Å². The van der Waals surface area contributed by atoms with Crippen LogP contribution >= 0.6 is 12.2 Å². The summed E-state index contributed by atoms with van der Waals surface area (Å²) in [6.07, 6.45) is 1.74. The molecule has 1 heterocycles. The fourth-order valence-electron chi connectivity index (χ4n) is 3.84. The van der Waals surface area contributed by atoms with E-state index < -0.39 is 0 Å². The van der Waals surface area contributed by atoms with Gasteiger partial charge in [0.15, 0.2) is 5.05 Å². The molecule has 0 spiro atoms. The summed E-state index contributed by atoms with van der Waals surface area (Å²) in [4.78, 5) is 15.0. The molecule has 2 fully saturated rings. The summed E-state index contributed by atoms with van der Waals surface area (Å²) in [5.41, 5.74) is 1.29. The highest BCUT2D eigenvalue weighted by Gasteiger charge is 2.43. The zero-order valence-corrected chi connectivity index (χ0v) is 15.0. The Hall–Kier alpha value is -1.46. The number of benzene rings is 1. The summed E-state index contributed by atoms with van der Waals surface area (Å²) in [7, 11) is 0. The van der Waals surface area contributed by atoms with E-state index >= 15 is 0 Å². The minimum absolute atomic E-state index is 0.0282. The van der Waals surface area contributed by atoms with Gasteiger partial charge in [-0.25, -0.2) is 0 Å². The monoisotopic (exact) mass is 347 g/mol. The van der Waals surface area contributed by atoms with Crippen molar-refractivity contribution in [3.63, 3.8) is 0 Å². The van der Waals surface area contributed by atoms with Gasteiger partial charge in [0.05, 0.1) is 19.8 Å². The minimum Gasteiger partial charge on any atom is -0.487 e. The van der Waals surface area contributed by atoms with Gasteiger partial charge in [-0.15, -0.1) is 0 Å². The Morgan fingerprint density at radius 3 is 2.54 bits per heavy atom. The van der Waals surface area contributed by atoms with Crippen molar-refractivity contribution in [2.24, 2.45) is 11.8 Å². The van der Waals surface area contributed by atoms with Crippen LogP contribution in [0.5, 0.6) is 0 Å². The first-order valence-electron chi connectivity index (χ1n) is 8.78. The molecule has 0 aromatic heterocycles. The first kappa shape index (κ1) is 17.4. The second kappa shape index (κ2) is 8.08. The van der Waals surface area contributed by atoms with Gasteiger partial charge < -0.3 is 14.4 Å². The van der Waals surface area contributed by atoms with Crippen LogP contribution in [0.25, 0.3) is 0 Å². The number of carbonyl (C=O) groups excluding carboxylic acids is 1. The molecule has 1 aliphatic heterocycles. The number of carbonyl (C=O) groups is 1. The summed E-state index contributed by atoms with van der Waals surface area (Å²) in [6.45, 7) is 5.11. The largest absolute Gasteiger partial charge is 0.487 e. The third-order valence-electron chi connectivity index (χ3n) is 5.06. The highest BCUT2D eigenvalue weighted by molar-refractivity contribution is 7.80. The molecule has 5 heteroatoms. The second-order valence-corrected chi connectivity index (χ2v) is 6.88.